The number of oxazole rings is 1. The summed E-state index contributed by atoms with van der Waals surface area (Å²) in [5.41, 5.74) is 4.65. The maximum atomic E-state index is 5.88. The first-order chi connectivity index (χ1) is 10.9. The van der Waals surface area contributed by atoms with Crippen molar-refractivity contribution in [1.29, 1.82) is 0 Å². The Morgan fingerprint density at radius 2 is 1.45 bits per heavy atom. The Kier molecular flexibility index (Phi) is 3.09. The predicted molar refractivity (Wildman–Crippen MR) is 89.2 cm³/mol. The third-order valence-corrected chi connectivity index (χ3v) is 3.47. The van der Waals surface area contributed by atoms with E-state index in [1.54, 1.807) is 0 Å². The number of nitrogens with one attached hydrogen (secondary N) is 1. The average Bonchev–Trinajstić information content (AvgIpc) is 3.00. The molecule has 1 heterocycles. The molecular formula is C19H14N2O. The van der Waals surface area contributed by atoms with Crippen LogP contribution in [0.25, 0.3) is 22.6 Å². The fourth-order valence-electron chi connectivity index (χ4n) is 2.39. The molecule has 22 heavy (non-hydrogen) atoms. The van der Waals surface area contributed by atoms with E-state index in [4.69, 9.17) is 4.42 Å². The summed E-state index contributed by atoms with van der Waals surface area (Å²) in [6.07, 6.45) is 0. The highest BCUT2D eigenvalue weighted by molar-refractivity contribution is 5.81. The van der Waals surface area contributed by atoms with Crippen molar-refractivity contribution in [3.63, 3.8) is 0 Å². The van der Waals surface area contributed by atoms with Crippen molar-refractivity contribution in [2.45, 2.75) is 0 Å². The fraction of sp³-hybridized carbons (Fsp3) is 0. The van der Waals surface area contributed by atoms with Gasteiger partial charge in [0, 0.05) is 23.0 Å². The number of fused-ring (bicyclic) bond motifs is 1. The van der Waals surface area contributed by atoms with E-state index in [0.717, 1.165) is 28.0 Å². The number of para-hydroxylation sites is 1. The SMILES string of the molecule is c1ccc(Nc2ccc3nc(-c4ccccc4)oc3c2)cc1. The summed E-state index contributed by atoms with van der Waals surface area (Å²) in [5, 5.41) is 3.36. The van der Waals surface area contributed by atoms with Gasteiger partial charge in [0.25, 0.3) is 0 Å². The lowest BCUT2D eigenvalue weighted by atomic mass is 10.2. The van der Waals surface area contributed by atoms with Crippen LogP contribution in [-0.4, -0.2) is 4.98 Å². The monoisotopic (exact) mass is 286 g/mol. The summed E-state index contributed by atoms with van der Waals surface area (Å²) < 4.78 is 5.88. The number of nitrogens with zero attached hydrogens (tertiary/aromatic N) is 1. The second kappa shape index (κ2) is 5.37. The predicted octanol–water partition coefficient (Wildman–Crippen LogP) is 5.24. The number of hydrogen-bond donors (Lipinski definition) is 1. The minimum absolute atomic E-state index is 0.646. The van der Waals surface area contributed by atoms with Crippen molar-refractivity contribution < 1.29 is 4.42 Å². The number of hydrogen-bond acceptors (Lipinski definition) is 3. The second-order valence-electron chi connectivity index (χ2n) is 5.06. The van der Waals surface area contributed by atoms with E-state index in [1.807, 2.05) is 78.9 Å². The minimum Gasteiger partial charge on any atom is -0.436 e. The molecule has 3 aromatic carbocycles. The lowest BCUT2D eigenvalue weighted by molar-refractivity contribution is 0.620. The maximum Gasteiger partial charge on any atom is 0.227 e. The molecule has 0 aliphatic rings. The summed E-state index contributed by atoms with van der Waals surface area (Å²) >= 11 is 0. The van der Waals surface area contributed by atoms with Gasteiger partial charge in [-0.05, 0) is 36.4 Å². The Bertz CT molecular complexity index is 899. The number of aromatic nitrogens is 1. The highest BCUT2D eigenvalue weighted by Gasteiger charge is 2.08. The topological polar surface area (TPSA) is 38.1 Å². The lowest BCUT2D eigenvalue weighted by Gasteiger charge is -2.05. The van der Waals surface area contributed by atoms with Crippen LogP contribution < -0.4 is 5.32 Å². The van der Waals surface area contributed by atoms with Gasteiger partial charge in [0.05, 0.1) is 0 Å². The van der Waals surface area contributed by atoms with Crippen LogP contribution in [0.5, 0.6) is 0 Å². The van der Waals surface area contributed by atoms with Gasteiger partial charge in [0.1, 0.15) is 5.52 Å². The van der Waals surface area contributed by atoms with Crippen LogP contribution in [0.2, 0.25) is 0 Å². The molecule has 0 atom stereocenters. The third-order valence-electron chi connectivity index (χ3n) is 3.47. The molecular weight excluding hydrogens is 272 g/mol. The van der Waals surface area contributed by atoms with Crippen LogP contribution in [0.15, 0.2) is 83.3 Å². The quantitative estimate of drug-likeness (QED) is 0.559. The Balaban J connectivity index is 1.69. The Hall–Kier alpha value is -3.07. The molecule has 0 fully saturated rings. The van der Waals surface area contributed by atoms with Gasteiger partial charge in [0.15, 0.2) is 5.58 Å². The molecule has 4 rings (SSSR count). The van der Waals surface area contributed by atoms with Gasteiger partial charge in [-0.2, -0.15) is 0 Å². The van der Waals surface area contributed by atoms with E-state index in [0.29, 0.717) is 5.89 Å². The van der Waals surface area contributed by atoms with Crippen molar-refractivity contribution >= 4 is 22.5 Å². The normalized spacial score (nSPS) is 10.7. The molecule has 3 heteroatoms. The molecule has 0 aliphatic carbocycles. The molecule has 0 amide bonds. The molecule has 0 bridgehead atoms. The second-order valence-corrected chi connectivity index (χ2v) is 5.06. The van der Waals surface area contributed by atoms with Gasteiger partial charge in [-0.15, -0.1) is 0 Å². The van der Waals surface area contributed by atoms with E-state index < -0.39 is 0 Å². The van der Waals surface area contributed by atoms with Gasteiger partial charge >= 0.3 is 0 Å². The third kappa shape index (κ3) is 2.44. The molecule has 4 aromatic rings. The summed E-state index contributed by atoms with van der Waals surface area (Å²) in [4.78, 5) is 4.54. The standard InChI is InChI=1S/C19H14N2O/c1-3-7-14(8-4-1)19-21-17-12-11-16(13-18(17)22-19)20-15-9-5-2-6-10-15/h1-13,20H. The zero-order valence-corrected chi connectivity index (χ0v) is 11.9. The first kappa shape index (κ1) is 12.7. The molecule has 0 radical (unpaired) electrons. The largest absolute Gasteiger partial charge is 0.436 e. The zero-order chi connectivity index (χ0) is 14.8. The lowest BCUT2D eigenvalue weighted by Crippen LogP contribution is -1.88. The van der Waals surface area contributed by atoms with E-state index >= 15 is 0 Å². The molecule has 0 unspecified atom stereocenters. The van der Waals surface area contributed by atoms with E-state index in [2.05, 4.69) is 10.3 Å². The van der Waals surface area contributed by atoms with Crippen molar-refractivity contribution in [2.24, 2.45) is 0 Å². The van der Waals surface area contributed by atoms with Crippen molar-refractivity contribution in [1.82, 2.24) is 4.98 Å². The van der Waals surface area contributed by atoms with E-state index in [-0.39, 0.29) is 0 Å². The highest BCUT2D eigenvalue weighted by atomic mass is 16.3. The van der Waals surface area contributed by atoms with Gasteiger partial charge < -0.3 is 9.73 Å². The molecule has 106 valence electrons. The minimum atomic E-state index is 0.646. The number of anilines is 2. The Labute approximate surface area is 128 Å². The number of rotatable bonds is 3. The van der Waals surface area contributed by atoms with Gasteiger partial charge in [-0.25, -0.2) is 4.98 Å². The van der Waals surface area contributed by atoms with Crippen molar-refractivity contribution in [2.75, 3.05) is 5.32 Å². The van der Waals surface area contributed by atoms with Crippen molar-refractivity contribution in [3.8, 4) is 11.5 Å². The Morgan fingerprint density at radius 1 is 0.727 bits per heavy atom. The molecule has 0 aliphatic heterocycles. The summed E-state index contributed by atoms with van der Waals surface area (Å²) in [6, 6.07) is 25.9. The molecule has 1 N–H and O–H groups in total. The van der Waals surface area contributed by atoms with Crippen LogP contribution >= 0.6 is 0 Å². The molecule has 3 nitrogen and oxygen atoms in total. The average molecular weight is 286 g/mol. The molecule has 0 saturated heterocycles. The van der Waals surface area contributed by atoms with Crippen molar-refractivity contribution in [3.05, 3.63) is 78.9 Å². The Morgan fingerprint density at radius 3 is 2.23 bits per heavy atom. The number of benzene rings is 3. The zero-order valence-electron chi connectivity index (χ0n) is 11.9. The fourth-order valence-corrected chi connectivity index (χ4v) is 2.39. The van der Waals surface area contributed by atoms with Crippen LogP contribution in [-0.2, 0) is 0 Å². The summed E-state index contributed by atoms with van der Waals surface area (Å²) in [7, 11) is 0. The highest BCUT2D eigenvalue weighted by Crippen LogP contribution is 2.27. The molecule has 1 aromatic heterocycles. The summed E-state index contributed by atoms with van der Waals surface area (Å²) in [6.45, 7) is 0. The molecule has 0 spiro atoms. The van der Waals surface area contributed by atoms with Crippen LogP contribution in [0.4, 0.5) is 11.4 Å². The van der Waals surface area contributed by atoms with E-state index in [9.17, 15) is 0 Å². The summed E-state index contributed by atoms with van der Waals surface area (Å²) in [5.74, 6) is 0.646. The van der Waals surface area contributed by atoms with Crippen LogP contribution in [0, 0.1) is 0 Å². The van der Waals surface area contributed by atoms with Crippen LogP contribution in [0.1, 0.15) is 0 Å². The van der Waals surface area contributed by atoms with E-state index in [1.165, 1.54) is 0 Å². The first-order valence-corrected chi connectivity index (χ1v) is 7.16. The molecule has 0 saturated carbocycles. The van der Waals surface area contributed by atoms with Gasteiger partial charge in [-0.1, -0.05) is 36.4 Å². The smallest absolute Gasteiger partial charge is 0.227 e. The maximum absolute atomic E-state index is 5.88. The van der Waals surface area contributed by atoms with Crippen LogP contribution in [0.3, 0.4) is 0 Å². The van der Waals surface area contributed by atoms with Gasteiger partial charge in [0.2, 0.25) is 5.89 Å². The first-order valence-electron chi connectivity index (χ1n) is 7.16. The van der Waals surface area contributed by atoms with Gasteiger partial charge in [-0.3, -0.25) is 0 Å².